The van der Waals surface area contributed by atoms with Crippen molar-refractivity contribution < 1.29 is 4.74 Å². The minimum Gasteiger partial charge on any atom is -0.380 e. The summed E-state index contributed by atoms with van der Waals surface area (Å²) in [5.41, 5.74) is 0.490. The first-order chi connectivity index (χ1) is 7.11. The molecular formula is C13H27NO. The molecule has 2 unspecified atom stereocenters. The van der Waals surface area contributed by atoms with Crippen molar-refractivity contribution in [1.82, 2.24) is 5.32 Å². The Hall–Kier alpha value is -0.0800. The van der Waals surface area contributed by atoms with E-state index < -0.39 is 0 Å². The number of ether oxygens (including phenoxy) is 1. The zero-order valence-electron chi connectivity index (χ0n) is 10.8. The second kappa shape index (κ2) is 5.86. The minimum atomic E-state index is 0.490. The van der Waals surface area contributed by atoms with Crippen LogP contribution in [0.2, 0.25) is 0 Å². The molecule has 1 aliphatic rings. The first kappa shape index (κ1) is 13.0. The van der Waals surface area contributed by atoms with Gasteiger partial charge in [-0.25, -0.2) is 0 Å². The lowest BCUT2D eigenvalue weighted by Crippen LogP contribution is -2.44. The Morgan fingerprint density at radius 2 is 2.13 bits per heavy atom. The van der Waals surface area contributed by atoms with Gasteiger partial charge in [0.15, 0.2) is 0 Å². The average molecular weight is 213 g/mol. The minimum absolute atomic E-state index is 0.490. The molecule has 90 valence electrons. The van der Waals surface area contributed by atoms with Crippen LogP contribution in [0.3, 0.4) is 0 Å². The van der Waals surface area contributed by atoms with Crippen LogP contribution in [0.5, 0.6) is 0 Å². The Balaban J connectivity index is 2.53. The zero-order valence-corrected chi connectivity index (χ0v) is 10.8. The van der Waals surface area contributed by atoms with E-state index in [1.807, 2.05) is 0 Å². The summed E-state index contributed by atoms with van der Waals surface area (Å²) < 4.78 is 5.59. The van der Waals surface area contributed by atoms with Gasteiger partial charge < -0.3 is 10.1 Å². The van der Waals surface area contributed by atoms with Gasteiger partial charge in [0.05, 0.1) is 6.61 Å². The Labute approximate surface area is 94.8 Å². The number of nitrogens with one attached hydrogen (secondary N) is 1. The summed E-state index contributed by atoms with van der Waals surface area (Å²) in [6.07, 6.45) is 4.11. The molecule has 2 atom stereocenters. The third-order valence-electron chi connectivity index (χ3n) is 3.79. The highest BCUT2D eigenvalue weighted by atomic mass is 16.5. The van der Waals surface area contributed by atoms with Gasteiger partial charge >= 0.3 is 0 Å². The number of likely N-dealkylation sites (N-methyl/N-ethyl adjacent to an activating group) is 1. The van der Waals surface area contributed by atoms with Crippen molar-refractivity contribution in [3.8, 4) is 0 Å². The van der Waals surface area contributed by atoms with Gasteiger partial charge in [0, 0.05) is 12.6 Å². The Kier molecular flexibility index (Phi) is 5.07. The second-order valence-electron chi connectivity index (χ2n) is 5.31. The average Bonchev–Trinajstić information content (AvgIpc) is 2.53. The standard InChI is InChI=1S/C13H27NO/c1-5-14-12(10-15-6-2)11-8-7-9-13(11,3)4/h11-12,14H,5-10H2,1-4H3. The van der Waals surface area contributed by atoms with E-state index in [0.717, 1.165) is 25.7 Å². The molecule has 2 heteroatoms. The van der Waals surface area contributed by atoms with Crippen LogP contribution in [0, 0.1) is 11.3 Å². The lowest BCUT2D eigenvalue weighted by atomic mass is 9.77. The van der Waals surface area contributed by atoms with E-state index in [1.165, 1.54) is 19.3 Å². The summed E-state index contributed by atoms with van der Waals surface area (Å²) in [5.74, 6) is 0.781. The maximum atomic E-state index is 5.59. The molecule has 1 saturated carbocycles. The number of hydrogen-bond acceptors (Lipinski definition) is 2. The molecule has 1 N–H and O–H groups in total. The molecule has 0 saturated heterocycles. The van der Waals surface area contributed by atoms with Crippen LogP contribution >= 0.6 is 0 Å². The van der Waals surface area contributed by atoms with E-state index in [0.29, 0.717) is 11.5 Å². The van der Waals surface area contributed by atoms with Crippen LogP contribution in [0.25, 0.3) is 0 Å². The van der Waals surface area contributed by atoms with Gasteiger partial charge in [-0.05, 0) is 37.6 Å². The molecule has 1 aliphatic carbocycles. The smallest absolute Gasteiger partial charge is 0.0622 e. The number of rotatable bonds is 6. The molecule has 15 heavy (non-hydrogen) atoms. The molecule has 0 aromatic carbocycles. The van der Waals surface area contributed by atoms with E-state index in [4.69, 9.17) is 4.74 Å². The van der Waals surface area contributed by atoms with Crippen molar-refractivity contribution in [2.24, 2.45) is 11.3 Å². The SMILES string of the molecule is CCNC(COCC)C1CCCC1(C)C. The van der Waals surface area contributed by atoms with Crippen molar-refractivity contribution in [3.63, 3.8) is 0 Å². The van der Waals surface area contributed by atoms with E-state index in [1.54, 1.807) is 0 Å². The Bertz CT molecular complexity index is 179. The molecule has 2 nitrogen and oxygen atoms in total. The van der Waals surface area contributed by atoms with Gasteiger partial charge in [-0.3, -0.25) is 0 Å². The maximum absolute atomic E-state index is 5.59. The first-order valence-corrected chi connectivity index (χ1v) is 6.43. The molecule has 0 aromatic rings. The lowest BCUT2D eigenvalue weighted by Gasteiger charge is -2.34. The monoisotopic (exact) mass is 213 g/mol. The quantitative estimate of drug-likeness (QED) is 0.732. The normalized spacial score (nSPS) is 26.8. The van der Waals surface area contributed by atoms with E-state index in [2.05, 4.69) is 33.0 Å². The highest BCUT2D eigenvalue weighted by molar-refractivity contribution is 4.92. The third-order valence-corrected chi connectivity index (χ3v) is 3.79. The predicted molar refractivity (Wildman–Crippen MR) is 65.1 cm³/mol. The fraction of sp³-hybridized carbons (Fsp3) is 1.00. The van der Waals surface area contributed by atoms with Crippen LogP contribution in [0.1, 0.15) is 47.0 Å². The third kappa shape index (κ3) is 3.46. The van der Waals surface area contributed by atoms with Gasteiger partial charge in [0.25, 0.3) is 0 Å². The zero-order chi connectivity index (χ0) is 11.3. The molecule has 0 aromatic heterocycles. The summed E-state index contributed by atoms with van der Waals surface area (Å²) in [6, 6.07) is 0.549. The largest absolute Gasteiger partial charge is 0.380 e. The van der Waals surface area contributed by atoms with Crippen molar-refractivity contribution in [1.29, 1.82) is 0 Å². The van der Waals surface area contributed by atoms with E-state index in [9.17, 15) is 0 Å². The molecule has 0 spiro atoms. The van der Waals surface area contributed by atoms with Gasteiger partial charge in [-0.15, -0.1) is 0 Å². The molecule has 0 aliphatic heterocycles. The predicted octanol–water partition coefficient (Wildman–Crippen LogP) is 2.83. The first-order valence-electron chi connectivity index (χ1n) is 6.43. The Morgan fingerprint density at radius 1 is 1.40 bits per heavy atom. The Morgan fingerprint density at radius 3 is 2.60 bits per heavy atom. The van der Waals surface area contributed by atoms with Crippen molar-refractivity contribution >= 4 is 0 Å². The summed E-state index contributed by atoms with van der Waals surface area (Å²) in [5, 5.41) is 3.59. The van der Waals surface area contributed by atoms with Crippen LogP contribution in [0.15, 0.2) is 0 Å². The van der Waals surface area contributed by atoms with Gasteiger partial charge in [-0.2, -0.15) is 0 Å². The van der Waals surface area contributed by atoms with E-state index in [-0.39, 0.29) is 0 Å². The second-order valence-corrected chi connectivity index (χ2v) is 5.31. The molecule has 0 amide bonds. The fourth-order valence-electron chi connectivity index (χ4n) is 2.92. The van der Waals surface area contributed by atoms with Crippen LogP contribution in [-0.4, -0.2) is 25.8 Å². The van der Waals surface area contributed by atoms with Gasteiger partial charge in [0.2, 0.25) is 0 Å². The summed E-state index contributed by atoms with van der Waals surface area (Å²) in [7, 11) is 0. The summed E-state index contributed by atoms with van der Waals surface area (Å²) >= 11 is 0. The molecule has 1 fully saturated rings. The highest BCUT2D eigenvalue weighted by Crippen LogP contribution is 2.44. The molecular weight excluding hydrogens is 186 g/mol. The van der Waals surface area contributed by atoms with Crippen LogP contribution < -0.4 is 5.32 Å². The molecule has 0 bridgehead atoms. The van der Waals surface area contributed by atoms with Crippen molar-refractivity contribution in [2.75, 3.05) is 19.8 Å². The van der Waals surface area contributed by atoms with E-state index >= 15 is 0 Å². The van der Waals surface area contributed by atoms with Gasteiger partial charge in [0.1, 0.15) is 0 Å². The molecule has 1 rings (SSSR count). The van der Waals surface area contributed by atoms with Gasteiger partial charge in [-0.1, -0.05) is 27.2 Å². The lowest BCUT2D eigenvalue weighted by molar-refractivity contribution is 0.0776. The van der Waals surface area contributed by atoms with Crippen LogP contribution in [0.4, 0.5) is 0 Å². The number of hydrogen-bond donors (Lipinski definition) is 1. The summed E-state index contributed by atoms with van der Waals surface area (Å²) in [6.45, 7) is 11.8. The van der Waals surface area contributed by atoms with Crippen molar-refractivity contribution in [3.05, 3.63) is 0 Å². The van der Waals surface area contributed by atoms with Crippen molar-refractivity contribution in [2.45, 2.75) is 53.0 Å². The fourth-order valence-corrected chi connectivity index (χ4v) is 2.92. The maximum Gasteiger partial charge on any atom is 0.0622 e. The molecule has 0 radical (unpaired) electrons. The summed E-state index contributed by atoms with van der Waals surface area (Å²) in [4.78, 5) is 0. The molecule has 0 heterocycles. The van der Waals surface area contributed by atoms with Crippen LogP contribution in [-0.2, 0) is 4.74 Å². The highest BCUT2D eigenvalue weighted by Gasteiger charge is 2.39. The topological polar surface area (TPSA) is 21.3 Å².